The molecule has 0 radical (unpaired) electrons. The molecule has 0 heterocycles. The van der Waals surface area contributed by atoms with Crippen LogP contribution in [0.3, 0.4) is 0 Å². The first-order chi connectivity index (χ1) is 11.4. The van der Waals surface area contributed by atoms with Crippen molar-refractivity contribution in [3.63, 3.8) is 0 Å². The lowest BCUT2D eigenvalue weighted by atomic mass is 10.2. The smallest absolute Gasteiger partial charge is 0.255 e. The molecule has 0 unspecified atom stereocenters. The molecule has 0 aromatic heterocycles. The lowest BCUT2D eigenvalue weighted by Gasteiger charge is -2.20. The van der Waals surface area contributed by atoms with Gasteiger partial charge in [0.2, 0.25) is 10.0 Å². The number of rotatable bonds is 6. The number of carbonyl (C=O) groups excluding carboxylic acids is 1. The minimum atomic E-state index is -3.34. The zero-order chi connectivity index (χ0) is 17.7. The average Bonchev–Trinajstić information content (AvgIpc) is 2.55. The Labute approximate surface area is 142 Å². The Balaban J connectivity index is 2.20. The number of anilines is 2. The van der Waals surface area contributed by atoms with E-state index in [4.69, 9.17) is 4.74 Å². The summed E-state index contributed by atoms with van der Waals surface area (Å²) in [4.78, 5) is 12.3. The molecule has 6 nitrogen and oxygen atoms in total. The van der Waals surface area contributed by atoms with Crippen LogP contribution in [0.1, 0.15) is 17.3 Å². The van der Waals surface area contributed by atoms with Crippen LogP contribution in [0.15, 0.2) is 48.5 Å². The predicted molar refractivity (Wildman–Crippen MR) is 95.3 cm³/mol. The maximum absolute atomic E-state index is 12.3. The fourth-order valence-corrected chi connectivity index (χ4v) is 3.30. The van der Waals surface area contributed by atoms with Gasteiger partial charge in [0.1, 0.15) is 5.75 Å². The Kier molecular flexibility index (Phi) is 5.46. The van der Waals surface area contributed by atoms with E-state index in [0.717, 1.165) is 6.26 Å². The Morgan fingerprint density at radius 2 is 1.75 bits per heavy atom. The van der Waals surface area contributed by atoms with Gasteiger partial charge in [0.25, 0.3) is 5.91 Å². The number of methoxy groups -OCH3 is 1. The van der Waals surface area contributed by atoms with Crippen molar-refractivity contribution in [3.05, 3.63) is 54.1 Å². The van der Waals surface area contributed by atoms with Crippen LogP contribution >= 0.6 is 0 Å². The largest absolute Gasteiger partial charge is 0.495 e. The van der Waals surface area contributed by atoms with E-state index in [1.54, 1.807) is 49.4 Å². The van der Waals surface area contributed by atoms with Crippen molar-refractivity contribution in [2.45, 2.75) is 6.92 Å². The summed E-state index contributed by atoms with van der Waals surface area (Å²) in [6, 6.07) is 13.5. The number of hydrogen-bond donors (Lipinski definition) is 1. The Morgan fingerprint density at radius 3 is 2.29 bits per heavy atom. The number of benzene rings is 2. The summed E-state index contributed by atoms with van der Waals surface area (Å²) in [5.74, 6) is 0.269. The molecule has 0 aliphatic carbocycles. The third-order valence-corrected chi connectivity index (χ3v) is 4.73. The molecule has 0 spiro atoms. The van der Waals surface area contributed by atoms with Crippen LogP contribution in [0.25, 0.3) is 0 Å². The summed E-state index contributed by atoms with van der Waals surface area (Å²) in [6.07, 6.45) is 1.15. The van der Waals surface area contributed by atoms with Gasteiger partial charge in [-0.2, -0.15) is 0 Å². The molecule has 1 N–H and O–H groups in total. The van der Waals surface area contributed by atoms with E-state index in [2.05, 4.69) is 5.32 Å². The zero-order valence-electron chi connectivity index (χ0n) is 13.8. The maximum atomic E-state index is 12.3. The summed E-state index contributed by atoms with van der Waals surface area (Å²) in [6.45, 7) is 2.08. The summed E-state index contributed by atoms with van der Waals surface area (Å²) < 4.78 is 29.9. The SMILES string of the molecule is CCN(c1ccc(C(=O)Nc2ccccc2OC)cc1)S(C)(=O)=O. The van der Waals surface area contributed by atoms with Gasteiger partial charge in [-0.25, -0.2) is 8.42 Å². The highest BCUT2D eigenvalue weighted by Gasteiger charge is 2.16. The van der Waals surface area contributed by atoms with Crippen molar-refractivity contribution in [1.82, 2.24) is 0 Å². The normalized spacial score (nSPS) is 11.0. The van der Waals surface area contributed by atoms with Crippen molar-refractivity contribution in [2.75, 3.05) is 29.5 Å². The van der Waals surface area contributed by atoms with E-state index in [-0.39, 0.29) is 5.91 Å². The van der Waals surface area contributed by atoms with Gasteiger partial charge in [0.05, 0.1) is 24.7 Å². The lowest BCUT2D eigenvalue weighted by Crippen LogP contribution is -2.29. The minimum absolute atomic E-state index is 0.298. The molecular formula is C17H20N2O4S. The third-order valence-electron chi connectivity index (χ3n) is 3.46. The van der Waals surface area contributed by atoms with Crippen LogP contribution in [0.2, 0.25) is 0 Å². The van der Waals surface area contributed by atoms with E-state index >= 15 is 0 Å². The predicted octanol–water partition coefficient (Wildman–Crippen LogP) is 2.73. The molecule has 128 valence electrons. The molecule has 2 rings (SSSR count). The molecule has 2 aromatic rings. The molecule has 0 fully saturated rings. The van der Waals surface area contributed by atoms with Gasteiger partial charge in [0.15, 0.2) is 0 Å². The number of nitrogens with zero attached hydrogens (tertiary/aromatic N) is 1. The van der Waals surface area contributed by atoms with Gasteiger partial charge in [-0.15, -0.1) is 0 Å². The molecule has 0 aliphatic heterocycles. The van der Waals surface area contributed by atoms with Crippen LogP contribution in [0.5, 0.6) is 5.75 Å². The summed E-state index contributed by atoms with van der Waals surface area (Å²) in [5, 5.41) is 2.77. The molecule has 0 atom stereocenters. The highest BCUT2D eigenvalue weighted by Crippen LogP contribution is 2.24. The molecule has 0 aliphatic rings. The molecule has 0 bridgehead atoms. The van der Waals surface area contributed by atoms with Crippen LogP contribution in [-0.4, -0.2) is 34.2 Å². The number of amides is 1. The average molecular weight is 348 g/mol. The second-order valence-electron chi connectivity index (χ2n) is 5.13. The fraction of sp³-hybridized carbons (Fsp3) is 0.235. The van der Waals surface area contributed by atoms with Crippen molar-refractivity contribution in [2.24, 2.45) is 0 Å². The number of ether oxygens (including phenoxy) is 1. The molecule has 0 saturated heterocycles. The van der Waals surface area contributed by atoms with Crippen molar-refractivity contribution in [3.8, 4) is 5.75 Å². The maximum Gasteiger partial charge on any atom is 0.255 e. The zero-order valence-corrected chi connectivity index (χ0v) is 14.6. The van der Waals surface area contributed by atoms with E-state index in [9.17, 15) is 13.2 Å². The molecule has 2 aromatic carbocycles. The standard InChI is InChI=1S/C17H20N2O4S/c1-4-19(24(3,21)22)14-11-9-13(10-12-14)17(20)18-15-7-5-6-8-16(15)23-2/h5-12H,4H2,1-3H3,(H,18,20). The molecular weight excluding hydrogens is 328 g/mol. The Morgan fingerprint density at radius 1 is 1.12 bits per heavy atom. The quantitative estimate of drug-likeness (QED) is 0.871. The molecule has 0 saturated carbocycles. The first kappa shape index (κ1) is 17.8. The highest BCUT2D eigenvalue weighted by atomic mass is 32.2. The van der Waals surface area contributed by atoms with Crippen LogP contribution in [-0.2, 0) is 10.0 Å². The molecule has 24 heavy (non-hydrogen) atoms. The second kappa shape index (κ2) is 7.35. The highest BCUT2D eigenvalue weighted by molar-refractivity contribution is 7.92. The number of nitrogens with one attached hydrogen (secondary N) is 1. The second-order valence-corrected chi connectivity index (χ2v) is 7.04. The summed E-state index contributed by atoms with van der Waals surface area (Å²) in [7, 11) is -1.81. The van der Waals surface area contributed by atoms with E-state index in [0.29, 0.717) is 29.2 Å². The first-order valence-corrected chi connectivity index (χ1v) is 9.23. The topological polar surface area (TPSA) is 75.7 Å². The number of para-hydroxylation sites is 2. The molecule has 7 heteroatoms. The number of carbonyl (C=O) groups is 1. The van der Waals surface area contributed by atoms with Gasteiger partial charge in [-0.1, -0.05) is 12.1 Å². The monoisotopic (exact) mass is 348 g/mol. The Bertz CT molecular complexity index is 817. The third kappa shape index (κ3) is 4.05. The first-order valence-electron chi connectivity index (χ1n) is 7.39. The minimum Gasteiger partial charge on any atom is -0.495 e. The number of sulfonamides is 1. The van der Waals surface area contributed by atoms with Gasteiger partial charge in [-0.05, 0) is 43.3 Å². The summed E-state index contributed by atoms with van der Waals surface area (Å²) in [5.41, 5.74) is 1.52. The molecule has 1 amide bonds. The van der Waals surface area contributed by atoms with E-state index in [1.165, 1.54) is 11.4 Å². The van der Waals surface area contributed by atoms with Gasteiger partial charge in [-0.3, -0.25) is 9.10 Å². The van der Waals surface area contributed by atoms with Crippen LogP contribution < -0.4 is 14.4 Å². The van der Waals surface area contributed by atoms with E-state index < -0.39 is 10.0 Å². The van der Waals surface area contributed by atoms with E-state index in [1.807, 2.05) is 6.07 Å². The van der Waals surface area contributed by atoms with Crippen LogP contribution in [0, 0.1) is 0 Å². The van der Waals surface area contributed by atoms with Gasteiger partial charge < -0.3 is 10.1 Å². The van der Waals surface area contributed by atoms with Crippen molar-refractivity contribution < 1.29 is 17.9 Å². The number of hydrogen-bond acceptors (Lipinski definition) is 4. The van der Waals surface area contributed by atoms with Gasteiger partial charge >= 0.3 is 0 Å². The van der Waals surface area contributed by atoms with Gasteiger partial charge in [0, 0.05) is 12.1 Å². The van der Waals surface area contributed by atoms with Crippen molar-refractivity contribution in [1.29, 1.82) is 0 Å². The van der Waals surface area contributed by atoms with Crippen LogP contribution in [0.4, 0.5) is 11.4 Å². The Hall–Kier alpha value is -2.54. The van der Waals surface area contributed by atoms with Crippen molar-refractivity contribution >= 4 is 27.3 Å². The lowest BCUT2D eigenvalue weighted by molar-refractivity contribution is 0.102. The fourth-order valence-electron chi connectivity index (χ4n) is 2.33. The summed E-state index contributed by atoms with van der Waals surface area (Å²) >= 11 is 0.